The molecule has 0 saturated heterocycles. The molecular formula is C8H8N2S2. The quantitative estimate of drug-likeness (QED) is 0.800. The number of hydrogen-bond donors (Lipinski definition) is 1. The van der Waals surface area contributed by atoms with E-state index in [1.807, 2.05) is 28.4 Å². The number of aromatic nitrogens is 1. The molecule has 0 aromatic carbocycles. The first kappa shape index (κ1) is 7.91. The van der Waals surface area contributed by atoms with E-state index in [-0.39, 0.29) is 6.04 Å². The van der Waals surface area contributed by atoms with Crippen LogP contribution in [-0.4, -0.2) is 4.98 Å². The molecular weight excluding hydrogens is 188 g/mol. The lowest BCUT2D eigenvalue weighted by Crippen LogP contribution is -2.10. The SMILES string of the molecule is NC(c1cscn1)c1cccs1. The minimum atomic E-state index is -0.0451. The molecule has 2 nitrogen and oxygen atoms in total. The second-order valence-corrected chi connectivity index (χ2v) is 4.10. The van der Waals surface area contributed by atoms with Gasteiger partial charge in [-0.1, -0.05) is 6.07 Å². The summed E-state index contributed by atoms with van der Waals surface area (Å²) in [5.74, 6) is 0. The van der Waals surface area contributed by atoms with E-state index in [1.165, 1.54) is 4.88 Å². The molecule has 2 aromatic heterocycles. The molecule has 0 aliphatic carbocycles. The summed E-state index contributed by atoms with van der Waals surface area (Å²) < 4.78 is 0. The summed E-state index contributed by atoms with van der Waals surface area (Å²) >= 11 is 3.25. The van der Waals surface area contributed by atoms with Gasteiger partial charge in [-0.3, -0.25) is 0 Å². The van der Waals surface area contributed by atoms with E-state index >= 15 is 0 Å². The van der Waals surface area contributed by atoms with Gasteiger partial charge in [-0.25, -0.2) is 4.98 Å². The van der Waals surface area contributed by atoms with Crippen LogP contribution in [0.1, 0.15) is 16.6 Å². The van der Waals surface area contributed by atoms with E-state index in [1.54, 1.807) is 22.7 Å². The Bertz CT molecular complexity index is 292. The van der Waals surface area contributed by atoms with Crippen molar-refractivity contribution in [2.45, 2.75) is 6.04 Å². The second-order valence-electron chi connectivity index (χ2n) is 2.41. The van der Waals surface area contributed by atoms with Gasteiger partial charge in [0.2, 0.25) is 0 Å². The lowest BCUT2D eigenvalue weighted by molar-refractivity contribution is 0.858. The van der Waals surface area contributed by atoms with Gasteiger partial charge in [0.25, 0.3) is 0 Å². The number of hydrogen-bond acceptors (Lipinski definition) is 4. The zero-order chi connectivity index (χ0) is 8.39. The summed E-state index contributed by atoms with van der Waals surface area (Å²) in [7, 11) is 0. The van der Waals surface area contributed by atoms with Gasteiger partial charge < -0.3 is 5.73 Å². The van der Waals surface area contributed by atoms with Crippen molar-refractivity contribution in [2.75, 3.05) is 0 Å². The van der Waals surface area contributed by atoms with Gasteiger partial charge >= 0.3 is 0 Å². The van der Waals surface area contributed by atoms with Crippen LogP contribution in [0.2, 0.25) is 0 Å². The molecule has 1 unspecified atom stereocenters. The van der Waals surface area contributed by atoms with Crippen molar-refractivity contribution in [1.29, 1.82) is 0 Å². The first-order valence-corrected chi connectivity index (χ1v) is 5.37. The molecule has 2 rings (SSSR count). The van der Waals surface area contributed by atoms with Crippen LogP contribution < -0.4 is 5.73 Å². The lowest BCUT2D eigenvalue weighted by Gasteiger charge is -2.04. The van der Waals surface area contributed by atoms with Gasteiger partial charge in [0.15, 0.2) is 0 Å². The van der Waals surface area contributed by atoms with E-state index in [0.29, 0.717) is 0 Å². The topological polar surface area (TPSA) is 38.9 Å². The fourth-order valence-electron chi connectivity index (χ4n) is 0.989. The van der Waals surface area contributed by atoms with Crippen LogP contribution in [0.3, 0.4) is 0 Å². The predicted molar refractivity (Wildman–Crippen MR) is 52.5 cm³/mol. The molecule has 0 spiro atoms. The number of rotatable bonds is 2. The summed E-state index contributed by atoms with van der Waals surface area (Å²) in [6.07, 6.45) is 0. The second kappa shape index (κ2) is 3.35. The van der Waals surface area contributed by atoms with Crippen molar-refractivity contribution in [3.05, 3.63) is 39.0 Å². The third kappa shape index (κ3) is 1.41. The Kier molecular flexibility index (Phi) is 2.21. The van der Waals surface area contributed by atoms with Crippen molar-refractivity contribution in [3.63, 3.8) is 0 Å². The van der Waals surface area contributed by atoms with Crippen LogP contribution in [0.15, 0.2) is 28.4 Å². The zero-order valence-corrected chi connectivity index (χ0v) is 7.94. The molecule has 0 aliphatic rings. The van der Waals surface area contributed by atoms with Crippen molar-refractivity contribution in [1.82, 2.24) is 4.98 Å². The number of nitrogens with two attached hydrogens (primary N) is 1. The average Bonchev–Trinajstić information content (AvgIpc) is 2.77. The Hall–Kier alpha value is -0.710. The largest absolute Gasteiger partial charge is 0.318 e. The predicted octanol–water partition coefficient (Wildman–Crippen LogP) is 2.25. The smallest absolute Gasteiger partial charge is 0.0828 e. The van der Waals surface area contributed by atoms with Gasteiger partial charge in [-0.15, -0.1) is 22.7 Å². The highest BCUT2D eigenvalue weighted by Crippen LogP contribution is 2.22. The normalized spacial score (nSPS) is 13.1. The van der Waals surface area contributed by atoms with Crippen LogP contribution in [-0.2, 0) is 0 Å². The molecule has 62 valence electrons. The molecule has 2 aromatic rings. The third-order valence-electron chi connectivity index (χ3n) is 1.62. The van der Waals surface area contributed by atoms with Gasteiger partial charge in [0.05, 0.1) is 17.2 Å². The Morgan fingerprint density at radius 3 is 3.00 bits per heavy atom. The zero-order valence-electron chi connectivity index (χ0n) is 6.31. The lowest BCUT2D eigenvalue weighted by atomic mass is 10.2. The first-order chi connectivity index (χ1) is 5.88. The summed E-state index contributed by atoms with van der Waals surface area (Å²) in [5.41, 5.74) is 8.73. The highest BCUT2D eigenvalue weighted by molar-refractivity contribution is 7.10. The Balaban J connectivity index is 2.27. The van der Waals surface area contributed by atoms with Gasteiger partial charge in [0.1, 0.15) is 0 Å². The molecule has 0 amide bonds. The van der Waals surface area contributed by atoms with Crippen LogP contribution in [0.5, 0.6) is 0 Å². The molecule has 0 saturated carbocycles. The highest BCUT2D eigenvalue weighted by Gasteiger charge is 2.10. The maximum Gasteiger partial charge on any atom is 0.0828 e. The molecule has 0 aliphatic heterocycles. The first-order valence-electron chi connectivity index (χ1n) is 3.55. The van der Waals surface area contributed by atoms with Crippen LogP contribution in [0.4, 0.5) is 0 Å². The average molecular weight is 196 g/mol. The summed E-state index contributed by atoms with van der Waals surface area (Å²) in [6.45, 7) is 0. The van der Waals surface area contributed by atoms with Crippen molar-refractivity contribution in [2.24, 2.45) is 5.73 Å². The van der Waals surface area contributed by atoms with Crippen LogP contribution in [0, 0.1) is 0 Å². The van der Waals surface area contributed by atoms with E-state index in [9.17, 15) is 0 Å². The number of nitrogens with zero attached hydrogens (tertiary/aromatic N) is 1. The maximum absolute atomic E-state index is 5.96. The maximum atomic E-state index is 5.96. The van der Waals surface area contributed by atoms with E-state index in [4.69, 9.17) is 5.73 Å². The molecule has 0 radical (unpaired) electrons. The van der Waals surface area contributed by atoms with Crippen molar-refractivity contribution in [3.8, 4) is 0 Å². The number of thiophene rings is 1. The monoisotopic (exact) mass is 196 g/mol. The third-order valence-corrected chi connectivity index (χ3v) is 3.18. The molecule has 0 bridgehead atoms. The van der Waals surface area contributed by atoms with E-state index in [2.05, 4.69) is 4.98 Å². The molecule has 4 heteroatoms. The minimum absolute atomic E-state index is 0.0451. The molecule has 1 atom stereocenters. The van der Waals surface area contributed by atoms with E-state index < -0.39 is 0 Å². The standard InChI is InChI=1S/C8H8N2S2/c9-8(6-4-11-5-10-6)7-2-1-3-12-7/h1-5,8H,9H2. The van der Waals surface area contributed by atoms with E-state index in [0.717, 1.165) is 5.69 Å². The Morgan fingerprint density at radius 1 is 1.50 bits per heavy atom. The molecule has 2 N–H and O–H groups in total. The summed E-state index contributed by atoms with van der Waals surface area (Å²) in [4.78, 5) is 5.34. The van der Waals surface area contributed by atoms with Crippen LogP contribution >= 0.6 is 22.7 Å². The van der Waals surface area contributed by atoms with Crippen LogP contribution in [0.25, 0.3) is 0 Å². The van der Waals surface area contributed by atoms with Gasteiger partial charge in [-0.2, -0.15) is 0 Å². The molecule has 12 heavy (non-hydrogen) atoms. The fourth-order valence-corrected chi connectivity index (χ4v) is 2.32. The highest BCUT2D eigenvalue weighted by atomic mass is 32.1. The summed E-state index contributed by atoms with van der Waals surface area (Å²) in [6, 6.07) is 4.00. The van der Waals surface area contributed by atoms with Crippen molar-refractivity contribution >= 4 is 22.7 Å². The Morgan fingerprint density at radius 2 is 2.42 bits per heavy atom. The van der Waals surface area contributed by atoms with Gasteiger partial charge in [0, 0.05) is 10.3 Å². The summed E-state index contributed by atoms with van der Waals surface area (Å²) in [5, 5.41) is 4.02. The molecule has 0 fully saturated rings. The van der Waals surface area contributed by atoms with Crippen molar-refractivity contribution < 1.29 is 0 Å². The van der Waals surface area contributed by atoms with Gasteiger partial charge in [-0.05, 0) is 11.4 Å². The number of thiazole rings is 1. The Labute approximate surface area is 78.7 Å². The minimum Gasteiger partial charge on any atom is -0.318 e. The fraction of sp³-hybridized carbons (Fsp3) is 0.125. The molecule has 2 heterocycles.